The van der Waals surface area contributed by atoms with E-state index in [1.54, 1.807) is 47.5 Å². The van der Waals surface area contributed by atoms with Gasteiger partial charge in [0.15, 0.2) is 5.75 Å². The maximum atomic E-state index is 13.5. The summed E-state index contributed by atoms with van der Waals surface area (Å²) < 4.78 is 5.97. The third-order valence-electron chi connectivity index (χ3n) is 5.52. The molecule has 34 heavy (non-hydrogen) atoms. The van der Waals surface area contributed by atoms with Gasteiger partial charge in [-0.05, 0) is 42.0 Å². The number of benzene rings is 2. The van der Waals surface area contributed by atoms with Crippen molar-refractivity contribution in [2.45, 2.75) is 13.1 Å². The summed E-state index contributed by atoms with van der Waals surface area (Å²) in [7, 11) is 0. The van der Waals surface area contributed by atoms with Crippen molar-refractivity contribution >= 4 is 23.3 Å². The fraction of sp³-hybridized carbons (Fsp3) is 0.0769. The molecule has 0 bridgehead atoms. The first kappa shape index (κ1) is 21.3. The van der Waals surface area contributed by atoms with Crippen LogP contribution in [0.4, 0.5) is 11.5 Å². The lowest BCUT2D eigenvalue weighted by atomic mass is 10.1. The number of pyridine rings is 2. The second-order valence-electron chi connectivity index (χ2n) is 7.68. The predicted molar refractivity (Wildman–Crippen MR) is 128 cm³/mol. The van der Waals surface area contributed by atoms with Gasteiger partial charge in [0.2, 0.25) is 5.88 Å². The smallest absolute Gasteiger partial charge is 0.260 e. The van der Waals surface area contributed by atoms with Crippen LogP contribution in [-0.2, 0) is 13.1 Å². The molecule has 0 aliphatic carbocycles. The Morgan fingerprint density at radius 1 is 0.971 bits per heavy atom. The van der Waals surface area contributed by atoms with Crippen molar-refractivity contribution in [1.82, 2.24) is 9.97 Å². The summed E-state index contributed by atoms with van der Waals surface area (Å²) in [4.78, 5) is 36.3. The van der Waals surface area contributed by atoms with E-state index in [4.69, 9.17) is 10.5 Å². The lowest BCUT2D eigenvalue weighted by molar-refractivity contribution is 0.0984. The summed E-state index contributed by atoms with van der Waals surface area (Å²) in [6.45, 7) is 0.553. The van der Waals surface area contributed by atoms with Crippen molar-refractivity contribution in [1.29, 1.82) is 0 Å². The van der Waals surface area contributed by atoms with E-state index in [0.29, 0.717) is 40.8 Å². The summed E-state index contributed by atoms with van der Waals surface area (Å²) in [6, 6.07) is 21.4. The third kappa shape index (κ3) is 4.10. The number of nitrogens with one attached hydrogen (secondary N) is 1. The van der Waals surface area contributed by atoms with Crippen LogP contribution in [-0.4, -0.2) is 21.8 Å². The van der Waals surface area contributed by atoms with Crippen LogP contribution < -0.4 is 20.7 Å². The van der Waals surface area contributed by atoms with Crippen LogP contribution in [0, 0.1) is 0 Å². The average molecular weight is 451 g/mol. The monoisotopic (exact) mass is 451 g/mol. The molecule has 0 fully saturated rings. The van der Waals surface area contributed by atoms with Crippen molar-refractivity contribution < 1.29 is 14.3 Å². The number of nitrogens with two attached hydrogens (primary N) is 1. The molecule has 0 unspecified atom stereocenters. The number of anilines is 2. The maximum absolute atomic E-state index is 13.5. The number of carbonyl (C=O) groups excluding carboxylic acids is 2. The Balaban J connectivity index is 1.39. The molecule has 0 atom stereocenters. The zero-order chi connectivity index (χ0) is 23.5. The Morgan fingerprint density at radius 2 is 1.79 bits per heavy atom. The highest BCUT2D eigenvalue weighted by molar-refractivity contribution is 6.07. The molecule has 8 nitrogen and oxygen atoms in total. The molecule has 2 aromatic heterocycles. The van der Waals surface area contributed by atoms with Crippen LogP contribution in [0.3, 0.4) is 0 Å². The Bertz CT molecular complexity index is 1370. The molecule has 5 rings (SSSR count). The number of aromatic nitrogens is 2. The predicted octanol–water partition coefficient (Wildman–Crippen LogP) is 4.14. The first-order valence-electron chi connectivity index (χ1n) is 10.7. The summed E-state index contributed by atoms with van der Waals surface area (Å²) in [6.07, 6.45) is 3.10. The molecule has 0 spiro atoms. The highest BCUT2D eigenvalue weighted by atomic mass is 16.5. The number of hydrogen-bond acceptors (Lipinski definition) is 6. The average Bonchev–Trinajstić information content (AvgIpc) is 3.05. The van der Waals surface area contributed by atoms with Gasteiger partial charge in [-0.2, -0.15) is 0 Å². The number of carbonyl (C=O) groups is 2. The van der Waals surface area contributed by atoms with Crippen LogP contribution in [0.25, 0.3) is 0 Å². The van der Waals surface area contributed by atoms with Crippen LogP contribution in [0.15, 0.2) is 85.2 Å². The number of amides is 2. The summed E-state index contributed by atoms with van der Waals surface area (Å²) in [5.74, 6) is 0.798. The van der Waals surface area contributed by atoms with E-state index in [0.717, 1.165) is 11.1 Å². The Labute approximate surface area is 196 Å². The fourth-order valence-electron chi connectivity index (χ4n) is 3.80. The molecule has 2 aromatic carbocycles. The van der Waals surface area contributed by atoms with Gasteiger partial charge < -0.3 is 20.7 Å². The minimum Gasteiger partial charge on any atom is -0.436 e. The van der Waals surface area contributed by atoms with Crippen molar-refractivity contribution in [2.24, 2.45) is 5.73 Å². The van der Waals surface area contributed by atoms with E-state index in [9.17, 15) is 9.59 Å². The molecule has 3 heterocycles. The molecule has 4 aromatic rings. The van der Waals surface area contributed by atoms with Gasteiger partial charge in [0.25, 0.3) is 11.8 Å². The van der Waals surface area contributed by atoms with Crippen LogP contribution >= 0.6 is 0 Å². The number of fused-ring (bicyclic) bond motifs is 2. The zero-order valence-corrected chi connectivity index (χ0v) is 18.1. The summed E-state index contributed by atoms with van der Waals surface area (Å²) >= 11 is 0. The van der Waals surface area contributed by atoms with Gasteiger partial charge in [-0.1, -0.05) is 36.4 Å². The van der Waals surface area contributed by atoms with Gasteiger partial charge in [0, 0.05) is 30.1 Å². The standard InChI is InChI=1S/C26H21N5O3/c27-14-17-6-1-2-8-20(17)24(32)30-23-12-11-18(15-29-23)26(33)31-16-19-7-5-13-28-25(19)34-22-10-4-3-9-21(22)31/h1-13,15H,14,16,27H2,(H,29,30,32). The van der Waals surface area contributed by atoms with E-state index >= 15 is 0 Å². The van der Waals surface area contributed by atoms with E-state index in [2.05, 4.69) is 15.3 Å². The van der Waals surface area contributed by atoms with Crippen molar-refractivity contribution in [3.63, 3.8) is 0 Å². The molecule has 8 heteroatoms. The summed E-state index contributed by atoms with van der Waals surface area (Å²) in [5.41, 5.74) is 8.77. The Morgan fingerprint density at radius 3 is 2.62 bits per heavy atom. The second-order valence-corrected chi connectivity index (χ2v) is 7.68. The first-order valence-corrected chi connectivity index (χ1v) is 10.7. The number of ether oxygens (including phenoxy) is 1. The van der Waals surface area contributed by atoms with Crippen LogP contribution in [0.5, 0.6) is 11.6 Å². The van der Waals surface area contributed by atoms with Gasteiger partial charge >= 0.3 is 0 Å². The molecular formula is C26H21N5O3. The van der Waals surface area contributed by atoms with E-state index < -0.39 is 0 Å². The molecule has 2 amide bonds. The molecule has 3 N–H and O–H groups in total. The molecule has 0 saturated heterocycles. The van der Waals surface area contributed by atoms with Crippen LogP contribution in [0.2, 0.25) is 0 Å². The molecule has 1 aliphatic rings. The molecule has 168 valence electrons. The highest BCUT2D eigenvalue weighted by Crippen LogP contribution is 2.38. The lowest BCUT2D eigenvalue weighted by Crippen LogP contribution is -2.30. The summed E-state index contributed by atoms with van der Waals surface area (Å²) in [5, 5.41) is 2.76. The molecule has 0 saturated carbocycles. The van der Waals surface area contributed by atoms with Gasteiger partial charge in [0.05, 0.1) is 17.8 Å². The number of para-hydroxylation sites is 2. The number of nitrogens with zero attached hydrogens (tertiary/aromatic N) is 3. The third-order valence-corrected chi connectivity index (χ3v) is 5.52. The maximum Gasteiger partial charge on any atom is 0.260 e. The van der Waals surface area contributed by atoms with E-state index in [-0.39, 0.29) is 18.4 Å². The largest absolute Gasteiger partial charge is 0.436 e. The zero-order valence-electron chi connectivity index (χ0n) is 18.1. The Hall–Kier alpha value is -4.56. The lowest BCUT2D eigenvalue weighted by Gasteiger charge is -2.22. The topological polar surface area (TPSA) is 110 Å². The van der Waals surface area contributed by atoms with Crippen molar-refractivity contribution in [3.8, 4) is 11.6 Å². The SMILES string of the molecule is NCc1ccccc1C(=O)Nc1ccc(C(=O)N2Cc3cccnc3Oc3ccccc32)cn1. The minimum atomic E-state index is -0.310. The molecular weight excluding hydrogens is 430 g/mol. The first-order chi connectivity index (χ1) is 16.6. The fourth-order valence-corrected chi connectivity index (χ4v) is 3.80. The van der Waals surface area contributed by atoms with E-state index in [1.165, 1.54) is 6.20 Å². The van der Waals surface area contributed by atoms with Gasteiger partial charge in [-0.25, -0.2) is 9.97 Å². The van der Waals surface area contributed by atoms with Gasteiger partial charge in [-0.15, -0.1) is 0 Å². The minimum absolute atomic E-state index is 0.244. The van der Waals surface area contributed by atoms with Crippen molar-refractivity contribution in [3.05, 3.63) is 107 Å². The Kier molecular flexibility index (Phi) is 5.72. The van der Waals surface area contributed by atoms with Gasteiger partial charge in [0.1, 0.15) is 5.82 Å². The quantitative estimate of drug-likeness (QED) is 0.483. The van der Waals surface area contributed by atoms with Crippen LogP contribution in [0.1, 0.15) is 31.8 Å². The number of rotatable bonds is 4. The number of hydrogen-bond donors (Lipinski definition) is 2. The van der Waals surface area contributed by atoms with Crippen molar-refractivity contribution in [2.75, 3.05) is 10.2 Å². The van der Waals surface area contributed by atoms with Gasteiger partial charge in [-0.3, -0.25) is 9.59 Å². The van der Waals surface area contributed by atoms with E-state index in [1.807, 2.05) is 36.4 Å². The second kappa shape index (κ2) is 9.13. The molecule has 1 aliphatic heterocycles. The normalized spacial score (nSPS) is 12.1. The molecule has 0 radical (unpaired) electrons. The highest BCUT2D eigenvalue weighted by Gasteiger charge is 2.26.